The minimum absolute atomic E-state index is 0.0286. The minimum Gasteiger partial charge on any atom is -0.381 e. The first-order valence-corrected chi connectivity index (χ1v) is 6.84. The van der Waals surface area contributed by atoms with Gasteiger partial charge in [0.2, 0.25) is 0 Å². The topological polar surface area (TPSA) is 30.9 Å². The molecule has 4 heteroatoms. The van der Waals surface area contributed by atoms with Gasteiger partial charge in [0.1, 0.15) is 0 Å². The summed E-state index contributed by atoms with van der Waals surface area (Å²) in [5.74, 6) is 0.807. The fourth-order valence-corrected chi connectivity index (χ4v) is 2.49. The van der Waals surface area contributed by atoms with Crippen LogP contribution in [0.3, 0.4) is 0 Å². The van der Waals surface area contributed by atoms with E-state index in [2.05, 4.69) is 11.9 Å². The van der Waals surface area contributed by atoms with Crippen molar-refractivity contribution in [1.82, 2.24) is 4.90 Å². The van der Waals surface area contributed by atoms with Gasteiger partial charge >= 0.3 is 0 Å². The van der Waals surface area contributed by atoms with Gasteiger partial charge in [-0.2, -0.15) is 0 Å². The summed E-state index contributed by atoms with van der Waals surface area (Å²) in [6.45, 7) is 5.82. The molecule has 4 nitrogen and oxygen atoms in total. The van der Waals surface area contributed by atoms with Crippen LogP contribution in [0.1, 0.15) is 25.7 Å². The third-order valence-corrected chi connectivity index (χ3v) is 3.55. The summed E-state index contributed by atoms with van der Waals surface area (Å²) in [7, 11) is 2.19. The van der Waals surface area contributed by atoms with Crippen molar-refractivity contribution in [3.63, 3.8) is 0 Å². The lowest BCUT2D eigenvalue weighted by Gasteiger charge is -2.29. The standard InChI is InChI=1S/C13H25NO3/c1-14(11-12-4-9-15-10-5-12)6-3-13-16-7-2-8-17-13/h12-13H,2-11H2,1H3. The number of rotatable bonds is 5. The van der Waals surface area contributed by atoms with E-state index in [1.807, 2.05) is 0 Å². The van der Waals surface area contributed by atoms with Crippen molar-refractivity contribution in [3.05, 3.63) is 0 Å². The minimum atomic E-state index is 0.0286. The van der Waals surface area contributed by atoms with Gasteiger partial charge in [-0.1, -0.05) is 0 Å². The van der Waals surface area contributed by atoms with E-state index >= 15 is 0 Å². The molecule has 0 saturated carbocycles. The Bertz CT molecular complexity index is 201. The Hall–Kier alpha value is -0.160. The summed E-state index contributed by atoms with van der Waals surface area (Å²) in [5.41, 5.74) is 0. The lowest BCUT2D eigenvalue weighted by atomic mass is 10.00. The fraction of sp³-hybridized carbons (Fsp3) is 1.00. The maximum atomic E-state index is 5.55. The zero-order valence-electron chi connectivity index (χ0n) is 10.9. The van der Waals surface area contributed by atoms with Crippen molar-refractivity contribution >= 4 is 0 Å². The second-order valence-corrected chi connectivity index (χ2v) is 5.13. The van der Waals surface area contributed by atoms with E-state index in [4.69, 9.17) is 14.2 Å². The van der Waals surface area contributed by atoms with Crippen LogP contribution in [0.5, 0.6) is 0 Å². The Labute approximate surface area is 104 Å². The first-order chi connectivity index (χ1) is 8.34. The van der Waals surface area contributed by atoms with Gasteiger partial charge in [-0.3, -0.25) is 0 Å². The summed E-state index contributed by atoms with van der Waals surface area (Å²) in [5, 5.41) is 0. The van der Waals surface area contributed by atoms with Crippen molar-refractivity contribution in [2.45, 2.75) is 32.0 Å². The summed E-state index contributed by atoms with van der Waals surface area (Å²) in [6, 6.07) is 0. The molecule has 2 heterocycles. The van der Waals surface area contributed by atoms with Gasteiger partial charge in [0, 0.05) is 32.7 Å². The average Bonchev–Trinajstić information content (AvgIpc) is 2.39. The normalized spacial score (nSPS) is 24.4. The van der Waals surface area contributed by atoms with Crippen LogP contribution in [0, 0.1) is 5.92 Å². The molecule has 2 aliphatic rings. The first kappa shape index (κ1) is 13.3. The van der Waals surface area contributed by atoms with Crippen molar-refractivity contribution in [1.29, 1.82) is 0 Å². The number of nitrogens with zero attached hydrogens (tertiary/aromatic N) is 1. The zero-order valence-corrected chi connectivity index (χ0v) is 10.9. The molecular weight excluding hydrogens is 218 g/mol. The van der Waals surface area contributed by atoms with Gasteiger partial charge < -0.3 is 19.1 Å². The highest BCUT2D eigenvalue weighted by Crippen LogP contribution is 2.16. The van der Waals surface area contributed by atoms with Gasteiger partial charge in [0.15, 0.2) is 6.29 Å². The van der Waals surface area contributed by atoms with E-state index in [0.29, 0.717) is 0 Å². The number of ether oxygens (including phenoxy) is 3. The van der Waals surface area contributed by atoms with Crippen LogP contribution < -0.4 is 0 Å². The SMILES string of the molecule is CN(CCC1OCCCO1)CC1CCOCC1. The molecule has 0 atom stereocenters. The largest absolute Gasteiger partial charge is 0.381 e. The maximum absolute atomic E-state index is 5.55. The molecule has 0 aliphatic carbocycles. The predicted molar refractivity (Wildman–Crippen MR) is 66.0 cm³/mol. The summed E-state index contributed by atoms with van der Waals surface area (Å²) >= 11 is 0. The molecule has 100 valence electrons. The Kier molecular flexibility index (Phi) is 5.71. The number of hydrogen-bond acceptors (Lipinski definition) is 4. The zero-order chi connectivity index (χ0) is 11.9. The molecule has 0 spiro atoms. The number of hydrogen-bond donors (Lipinski definition) is 0. The molecule has 0 aromatic carbocycles. The molecule has 2 fully saturated rings. The van der Waals surface area contributed by atoms with Crippen molar-refractivity contribution < 1.29 is 14.2 Å². The van der Waals surface area contributed by atoms with Crippen LogP contribution in [0.15, 0.2) is 0 Å². The van der Waals surface area contributed by atoms with Crippen LogP contribution in [0.4, 0.5) is 0 Å². The molecule has 0 amide bonds. The van der Waals surface area contributed by atoms with E-state index in [9.17, 15) is 0 Å². The van der Waals surface area contributed by atoms with Crippen LogP contribution in [0.25, 0.3) is 0 Å². The van der Waals surface area contributed by atoms with E-state index in [1.54, 1.807) is 0 Å². The maximum Gasteiger partial charge on any atom is 0.158 e. The molecule has 2 saturated heterocycles. The quantitative estimate of drug-likeness (QED) is 0.732. The highest BCUT2D eigenvalue weighted by Gasteiger charge is 2.18. The molecule has 0 aromatic heterocycles. The third-order valence-electron chi connectivity index (χ3n) is 3.55. The summed E-state index contributed by atoms with van der Waals surface area (Å²) < 4.78 is 16.5. The first-order valence-electron chi connectivity index (χ1n) is 6.84. The summed E-state index contributed by atoms with van der Waals surface area (Å²) in [4.78, 5) is 2.40. The Morgan fingerprint density at radius 3 is 2.47 bits per heavy atom. The van der Waals surface area contributed by atoms with E-state index in [-0.39, 0.29) is 6.29 Å². The molecule has 0 N–H and O–H groups in total. The second-order valence-electron chi connectivity index (χ2n) is 5.13. The van der Waals surface area contributed by atoms with Crippen LogP contribution in [-0.4, -0.2) is 57.8 Å². The van der Waals surface area contributed by atoms with Gasteiger partial charge in [0.05, 0.1) is 13.2 Å². The van der Waals surface area contributed by atoms with Gasteiger partial charge in [-0.15, -0.1) is 0 Å². The van der Waals surface area contributed by atoms with Crippen molar-refractivity contribution in [2.24, 2.45) is 5.92 Å². The predicted octanol–water partition coefficient (Wildman–Crippen LogP) is 1.50. The third kappa shape index (κ3) is 4.92. The Morgan fingerprint density at radius 2 is 1.76 bits per heavy atom. The molecule has 0 radical (unpaired) electrons. The van der Waals surface area contributed by atoms with Crippen LogP contribution in [-0.2, 0) is 14.2 Å². The lowest BCUT2D eigenvalue weighted by Crippen LogP contribution is -2.33. The molecule has 0 bridgehead atoms. The Balaban J connectivity index is 1.57. The van der Waals surface area contributed by atoms with E-state index < -0.39 is 0 Å². The Morgan fingerprint density at radius 1 is 1.06 bits per heavy atom. The van der Waals surface area contributed by atoms with E-state index in [1.165, 1.54) is 19.4 Å². The molecule has 0 unspecified atom stereocenters. The van der Waals surface area contributed by atoms with Crippen LogP contribution in [0.2, 0.25) is 0 Å². The highest BCUT2D eigenvalue weighted by atomic mass is 16.7. The molecular formula is C13H25NO3. The smallest absolute Gasteiger partial charge is 0.158 e. The molecule has 17 heavy (non-hydrogen) atoms. The van der Waals surface area contributed by atoms with Gasteiger partial charge in [0.25, 0.3) is 0 Å². The molecule has 0 aromatic rings. The monoisotopic (exact) mass is 243 g/mol. The summed E-state index contributed by atoms with van der Waals surface area (Å²) in [6.07, 6.45) is 4.47. The molecule has 2 aliphatic heterocycles. The van der Waals surface area contributed by atoms with Crippen LogP contribution >= 0.6 is 0 Å². The van der Waals surface area contributed by atoms with E-state index in [0.717, 1.165) is 51.7 Å². The lowest BCUT2D eigenvalue weighted by molar-refractivity contribution is -0.182. The van der Waals surface area contributed by atoms with Gasteiger partial charge in [-0.05, 0) is 32.2 Å². The fourth-order valence-electron chi connectivity index (χ4n) is 2.49. The highest BCUT2D eigenvalue weighted by molar-refractivity contribution is 4.67. The van der Waals surface area contributed by atoms with Crippen molar-refractivity contribution in [3.8, 4) is 0 Å². The molecule has 2 rings (SSSR count). The van der Waals surface area contributed by atoms with Crippen molar-refractivity contribution in [2.75, 3.05) is 46.6 Å². The van der Waals surface area contributed by atoms with Gasteiger partial charge in [-0.25, -0.2) is 0 Å². The average molecular weight is 243 g/mol. The second kappa shape index (κ2) is 7.31.